The fraction of sp³-hybridized carbons (Fsp3) is 1.00. The lowest BCUT2D eigenvalue weighted by Crippen LogP contribution is -2.44. The second-order valence-corrected chi connectivity index (χ2v) is 5.88. The maximum Gasteiger partial charge on any atom is 0.0127 e. The van der Waals surface area contributed by atoms with Crippen molar-refractivity contribution in [3.05, 3.63) is 0 Å². The smallest absolute Gasteiger partial charge is 0.0127 e. The van der Waals surface area contributed by atoms with E-state index < -0.39 is 0 Å². The minimum absolute atomic E-state index is 0.566. The molecule has 0 aromatic heterocycles. The lowest BCUT2D eigenvalue weighted by Gasteiger charge is -2.39. The molecule has 0 aromatic carbocycles. The highest BCUT2D eigenvalue weighted by Crippen LogP contribution is 2.62. The van der Waals surface area contributed by atoms with Crippen molar-refractivity contribution < 1.29 is 0 Å². The van der Waals surface area contributed by atoms with E-state index in [4.69, 9.17) is 5.73 Å². The van der Waals surface area contributed by atoms with Crippen molar-refractivity contribution in [2.75, 3.05) is 0 Å². The zero-order chi connectivity index (χ0) is 9.05. The highest BCUT2D eigenvalue weighted by atomic mass is 14.8. The average molecular weight is 179 g/mol. The summed E-state index contributed by atoms with van der Waals surface area (Å²) in [4.78, 5) is 0. The number of fused-ring (bicyclic) bond motifs is 3. The SMILES string of the molecule is CC1CC[C@]2(C1)[C@H]1CC[C@H](C1)[C@H]2N. The number of nitrogens with two attached hydrogens (primary N) is 1. The monoisotopic (exact) mass is 179 g/mol. The number of hydrogen-bond acceptors (Lipinski definition) is 1. The quantitative estimate of drug-likeness (QED) is 0.607. The highest BCUT2D eigenvalue weighted by molar-refractivity contribution is 5.10. The predicted molar refractivity (Wildman–Crippen MR) is 54.3 cm³/mol. The van der Waals surface area contributed by atoms with Gasteiger partial charge in [-0.15, -0.1) is 0 Å². The van der Waals surface area contributed by atoms with Gasteiger partial charge < -0.3 is 5.73 Å². The van der Waals surface area contributed by atoms with E-state index in [2.05, 4.69) is 6.92 Å². The molecule has 1 nitrogen and oxygen atoms in total. The van der Waals surface area contributed by atoms with Crippen LogP contribution in [0.2, 0.25) is 0 Å². The predicted octanol–water partition coefficient (Wildman–Crippen LogP) is 2.55. The Hall–Kier alpha value is -0.0400. The molecule has 3 fully saturated rings. The summed E-state index contributed by atoms with van der Waals surface area (Å²) in [6.45, 7) is 2.41. The molecular weight excluding hydrogens is 158 g/mol. The molecular formula is C12H21N. The third-order valence-corrected chi connectivity index (χ3v) is 5.29. The molecule has 0 aromatic rings. The maximum absolute atomic E-state index is 6.42. The van der Waals surface area contributed by atoms with Crippen LogP contribution < -0.4 is 5.73 Å². The third kappa shape index (κ3) is 0.918. The fourth-order valence-electron chi connectivity index (χ4n) is 4.65. The Kier molecular flexibility index (Phi) is 1.59. The first kappa shape index (κ1) is 8.28. The molecule has 0 amide bonds. The summed E-state index contributed by atoms with van der Waals surface area (Å²) >= 11 is 0. The Bertz CT molecular complexity index is 221. The van der Waals surface area contributed by atoms with Crippen LogP contribution in [-0.4, -0.2) is 6.04 Å². The van der Waals surface area contributed by atoms with Crippen LogP contribution in [0.15, 0.2) is 0 Å². The standard InChI is InChI=1S/C12H21N/c1-8-4-5-12(7-8)10-3-2-9(6-10)11(12)13/h8-11H,2-7,13H2,1H3/t8?,9-,10+,11-,12+/m1/s1. The summed E-state index contributed by atoms with van der Waals surface area (Å²) in [6, 6.07) is 0.566. The van der Waals surface area contributed by atoms with Crippen LogP contribution in [0.3, 0.4) is 0 Å². The van der Waals surface area contributed by atoms with E-state index in [1.54, 1.807) is 0 Å². The lowest BCUT2D eigenvalue weighted by molar-refractivity contribution is 0.134. The van der Waals surface area contributed by atoms with Gasteiger partial charge in [0.05, 0.1) is 0 Å². The summed E-state index contributed by atoms with van der Waals surface area (Å²) in [5.74, 6) is 2.86. The molecule has 5 atom stereocenters. The molecule has 0 radical (unpaired) electrons. The molecule has 3 aliphatic rings. The first-order chi connectivity index (χ1) is 6.22. The van der Waals surface area contributed by atoms with Gasteiger partial charge in [0.25, 0.3) is 0 Å². The molecule has 1 spiro atoms. The summed E-state index contributed by atoms with van der Waals surface area (Å²) in [5.41, 5.74) is 7.04. The Morgan fingerprint density at radius 3 is 2.62 bits per heavy atom. The molecule has 2 bridgehead atoms. The van der Waals surface area contributed by atoms with Gasteiger partial charge in [-0.05, 0) is 55.3 Å². The fourth-order valence-corrected chi connectivity index (χ4v) is 4.65. The van der Waals surface area contributed by atoms with Gasteiger partial charge in [-0.2, -0.15) is 0 Å². The molecule has 1 heteroatoms. The molecule has 2 N–H and O–H groups in total. The zero-order valence-corrected chi connectivity index (χ0v) is 8.63. The normalized spacial score (nSPS) is 59.5. The molecule has 0 saturated heterocycles. The molecule has 3 aliphatic carbocycles. The summed E-state index contributed by atoms with van der Waals surface area (Å²) in [6.07, 6.45) is 8.71. The second-order valence-electron chi connectivity index (χ2n) is 5.88. The highest BCUT2D eigenvalue weighted by Gasteiger charge is 2.58. The van der Waals surface area contributed by atoms with Gasteiger partial charge in [-0.1, -0.05) is 13.3 Å². The number of rotatable bonds is 0. The Balaban J connectivity index is 1.90. The summed E-state index contributed by atoms with van der Waals surface area (Å²) < 4.78 is 0. The van der Waals surface area contributed by atoms with E-state index in [1.807, 2.05) is 0 Å². The molecule has 3 rings (SSSR count). The third-order valence-electron chi connectivity index (χ3n) is 5.29. The van der Waals surface area contributed by atoms with Gasteiger partial charge in [0.15, 0.2) is 0 Å². The molecule has 0 heterocycles. The maximum atomic E-state index is 6.42. The Morgan fingerprint density at radius 1 is 1.23 bits per heavy atom. The van der Waals surface area contributed by atoms with E-state index in [0.29, 0.717) is 11.5 Å². The topological polar surface area (TPSA) is 26.0 Å². The van der Waals surface area contributed by atoms with Crippen LogP contribution in [0.25, 0.3) is 0 Å². The number of hydrogen-bond donors (Lipinski definition) is 1. The van der Waals surface area contributed by atoms with Gasteiger partial charge in [0.2, 0.25) is 0 Å². The van der Waals surface area contributed by atoms with Crippen LogP contribution >= 0.6 is 0 Å². The molecule has 3 saturated carbocycles. The molecule has 74 valence electrons. The van der Waals surface area contributed by atoms with Gasteiger partial charge in [-0.3, -0.25) is 0 Å². The van der Waals surface area contributed by atoms with Crippen LogP contribution in [0.4, 0.5) is 0 Å². The summed E-state index contributed by atoms with van der Waals surface area (Å²) in [7, 11) is 0. The van der Waals surface area contributed by atoms with Crippen LogP contribution in [0.5, 0.6) is 0 Å². The van der Waals surface area contributed by atoms with E-state index in [0.717, 1.165) is 17.8 Å². The first-order valence-electron chi connectivity index (χ1n) is 5.98. The van der Waals surface area contributed by atoms with E-state index in [1.165, 1.54) is 38.5 Å². The Morgan fingerprint density at radius 2 is 2.08 bits per heavy atom. The molecule has 13 heavy (non-hydrogen) atoms. The van der Waals surface area contributed by atoms with Crippen molar-refractivity contribution in [2.24, 2.45) is 28.9 Å². The van der Waals surface area contributed by atoms with E-state index >= 15 is 0 Å². The van der Waals surface area contributed by atoms with Crippen LogP contribution in [-0.2, 0) is 0 Å². The van der Waals surface area contributed by atoms with Gasteiger partial charge in [0.1, 0.15) is 0 Å². The van der Waals surface area contributed by atoms with Crippen molar-refractivity contribution in [2.45, 2.75) is 51.5 Å². The van der Waals surface area contributed by atoms with Crippen molar-refractivity contribution >= 4 is 0 Å². The van der Waals surface area contributed by atoms with Crippen molar-refractivity contribution in [3.8, 4) is 0 Å². The molecule has 0 aliphatic heterocycles. The molecule has 1 unspecified atom stereocenters. The van der Waals surface area contributed by atoms with E-state index in [-0.39, 0.29) is 0 Å². The first-order valence-corrected chi connectivity index (χ1v) is 5.98. The zero-order valence-electron chi connectivity index (χ0n) is 8.63. The van der Waals surface area contributed by atoms with E-state index in [9.17, 15) is 0 Å². The van der Waals surface area contributed by atoms with Gasteiger partial charge in [0, 0.05) is 6.04 Å². The van der Waals surface area contributed by atoms with Gasteiger partial charge >= 0.3 is 0 Å². The average Bonchev–Trinajstić information content (AvgIpc) is 2.73. The van der Waals surface area contributed by atoms with Crippen molar-refractivity contribution in [3.63, 3.8) is 0 Å². The second kappa shape index (κ2) is 2.50. The van der Waals surface area contributed by atoms with Crippen LogP contribution in [0.1, 0.15) is 45.4 Å². The lowest BCUT2D eigenvalue weighted by atomic mass is 9.68. The van der Waals surface area contributed by atoms with Gasteiger partial charge in [-0.25, -0.2) is 0 Å². The minimum Gasteiger partial charge on any atom is -0.327 e. The van der Waals surface area contributed by atoms with Crippen molar-refractivity contribution in [1.82, 2.24) is 0 Å². The Labute approximate surface area is 81.1 Å². The summed E-state index contributed by atoms with van der Waals surface area (Å²) in [5, 5.41) is 0. The van der Waals surface area contributed by atoms with Crippen LogP contribution in [0, 0.1) is 23.2 Å². The largest absolute Gasteiger partial charge is 0.327 e. The minimum atomic E-state index is 0.566. The van der Waals surface area contributed by atoms with Crippen molar-refractivity contribution in [1.29, 1.82) is 0 Å².